The van der Waals surface area contributed by atoms with Crippen molar-refractivity contribution in [2.45, 2.75) is 94.7 Å². The molecule has 0 spiro atoms. The first kappa shape index (κ1) is 38.6. The first-order valence-corrected chi connectivity index (χ1v) is 18.6. The van der Waals surface area contributed by atoms with Crippen LogP contribution in [0.1, 0.15) is 79.3 Å². The van der Waals surface area contributed by atoms with Gasteiger partial charge in [0, 0.05) is 36.2 Å². The molecular formula is C43H47NO11. The van der Waals surface area contributed by atoms with Crippen molar-refractivity contribution in [3.8, 4) is 0 Å². The van der Waals surface area contributed by atoms with Gasteiger partial charge in [0.15, 0.2) is 6.10 Å². The Labute approximate surface area is 319 Å². The standard InChI is InChI=1S/C43H47NO11/c1-24-28-20-30(45)41(4)31(46)21-32-42(51,23-53-32)35(41)36(55-38(49)27-18-12-7-13-19-27)43(52,40(28,2)3)22-29(24)54-39(50)34(47)33(25-14-8-5-9-15-25)44-37(48)26-16-10-6-11-17-26/h5-19,29,31-36,46-47,51-52H,20-23H2,1-4H3,(H,44,48)/t29?,31?,32?,33?,34?,35?,36?,41-,42+,43?/m1/s1. The van der Waals surface area contributed by atoms with Gasteiger partial charge in [-0.2, -0.15) is 0 Å². The van der Waals surface area contributed by atoms with Crippen LogP contribution in [-0.4, -0.2) is 92.4 Å². The quantitative estimate of drug-likeness (QED) is 0.167. The Kier molecular flexibility index (Phi) is 9.88. The van der Waals surface area contributed by atoms with Crippen LogP contribution in [0.25, 0.3) is 0 Å². The Morgan fingerprint density at radius 1 is 0.873 bits per heavy atom. The van der Waals surface area contributed by atoms with Crippen molar-refractivity contribution < 1.29 is 53.8 Å². The smallest absolute Gasteiger partial charge is 0.338 e. The molecule has 1 saturated heterocycles. The van der Waals surface area contributed by atoms with Crippen molar-refractivity contribution in [3.63, 3.8) is 0 Å². The highest BCUT2D eigenvalue weighted by molar-refractivity contribution is 5.95. The number of nitrogens with one attached hydrogen (secondary N) is 1. The fourth-order valence-electron chi connectivity index (χ4n) is 9.36. The minimum atomic E-state index is -2.12. The van der Waals surface area contributed by atoms with E-state index in [1.165, 1.54) is 19.1 Å². The number of amides is 1. The lowest BCUT2D eigenvalue weighted by molar-refractivity contribution is -0.342. The summed E-state index contributed by atoms with van der Waals surface area (Å²) in [5.74, 6) is -4.27. The Morgan fingerprint density at radius 3 is 2.04 bits per heavy atom. The van der Waals surface area contributed by atoms with E-state index >= 15 is 0 Å². The first-order chi connectivity index (χ1) is 26.0. The van der Waals surface area contributed by atoms with E-state index in [1.807, 2.05) is 0 Å². The Morgan fingerprint density at radius 2 is 1.45 bits per heavy atom. The second-order valence-electron chi connectivity index (χ2n) is 16.1. The Hall–Kier alpha value is -4.72. The maximum atomic E-state index is 14.6. The van der Waals surface area contributed by atoms with E-state index in [0.29, 0.717) is 22.3 Å². The van der Waals surface area contributed by atoms with Crippen LogP contribution in [0.15, 0.2) is 102 Å². The van der Waals surface area contributed by atoms with Gasteiger partial charge in [0.05, 0.1) is 35.8 Å². The van der Waals surface area contributed by atoms with E-state index < -0.39 is 88.1 Å². The number of hydrogen-bond donors (Lipinski definition) is 5. The summed E-state index contributed by atoms with van der Waals surface area (Å²) in [5.41, 5.74) is -5.16. The maximum Gasteiger partial charge on any atom is 0.338 e. The molecule has 8 unspecified atom stereocenters. The Balaban J connectivity index is 1.29. The lowest BCUT2D eigenvalue weighted by atomic mass is 9.45. The topological polar surface area (TPSA) is 189 Å². The van der Waals surface area contributed by atoms with Crippen LogP contribution < -0.4 is 5.32 Å². The van der Waals surface area contributed by atoms with Crippen molar-refractivity contribution in [2.75, 3.05) is 6.61 Å². The van der Waals surface area contributed by atoms with Gasteiger partial charge in [-0.15, -0.1) is 0 Å². The molecular weight excluding hydrogens is 706 g/mol. The number of fused-ring (bicyclic) bond motifs is 5. The van der Waals surface area contributed by atoms with Gasteiger partial charge in [-0.3, -0.25) is 9.59 Å². The van der Waals surface area contributed by atoms with E-state index in [9.17, 15) is 39.6 Å². The van der Waals surface area contributed by atoms with Crippen LogP contribution in [-0.2, 0) is 23.8 Å². The fourth-order valence-corrected chi connectivity index (χ4v) is 9.36. The number of hydrogen-bond acceptors (Lipinski definition) is 11. The number of esters is 2. The molecule has 3 aromatic rings. The van der Waals surface area contributed by atoms with Crippen LogP contribution in [0.3, 0.4) is 0 Å². The zero-order chi connectivity index (χ0) is 39.5. The average Bonchev–Trinajstić information content (AvgIpc) is 3.18. The summed E-state index contributed by atoms with van der Waals surface area (Å²) < 4.78 is 18.0. The molecule has 3 aromatic carbocycles. The normalized spacial score (nSPS) is 33.3. The fraction of sp³-hybridized carbons (Fsp3) is 0.442. The molecule has 2 saturated carbocycles. The van der Waals surface area contributed by atoms with Gasteiger partial charge in [-0.25, -0.2) is 9.59 Å². The number of ether oxygens (including phenoxy) is 3. The number of aliphatic hydroxyl groups excluding tert-OH is 2. The summed E-state index contributed by atoms with van der Waals surface area (Å²) in [6.07, 6.45) is -7.70. The van der Waals surface area contributed by atoms with E-state index in [0.717, 1.165) is 0 Å². The molecule has 3 fully saturated rings. The van der Waals surface area contributed by atoms with E-state index in [4.69, 9.17) is 14.2 Å². The van der Waals surface area contributed by atoms with Gasteiger partial charge in [-0.05, 0) is 49.2 Å². The zero-order valence-corrected chi connectivity index (χ0v) is 31.2. The number of carbonyl (C=O) groups excluding carboxylic acids is 4. The first-order valence-electron chi connectivity index (χ1n) is 18.6. The molecule has 0 radical (unpaired) electrons. The van der Waals surface area contributed by atoms with Crippen LogP contribution in [0, 0.1) is 16.7 Å². The minimum Gasteiger partial charge on any atom is -0.456 e. The summed E-state index contributed by atoms with van der Waals surface area (Å²) in [6.45, 7) is 6.40. The second-order valence-corrected chi connectivity index (χ2v) is 16.1. The lowest BCUT2D eigenvalue weighted by Gasteiger charge is -2.66. The van der Waals surface area contributed by atoms with Crippen LogP contribution in [0.4, 0.5) is 0 Å². The van der Waals surface area contributed by atoms with Gasteiger partial charge in [-0.1, -0.05) is 86.2 Å². The minimum absolute atomic E-state index is 0.0457. The van der Waals surface area contributed by atoms with Gasteiger partial charge in [0.25, 0.3) is 5.91 Å². The van der Waals surface area contributed by atoms with Crippen LogP contribution in [0.2, 0.25) is 0 Å². The summed E-state index contributed by atoms with van der Waals surface area (Å²) in [6, 6.07) is 23.6. The third kappa shape index (κ3) is 6.20. The molecule has 1 aliphatic heterocycles. The summed E-state index contributed by atoms with van der Waals surface area (Å²) >= 11 is 0. The van der Waals surface area contributed by atoms with E-state index in [2.05, 4.69) is 5.32 Å². The third-order valence-corrected chi connectivity index (χ3v) is 12.9. The summed E-state index contributed by atoms with van der Waals surface area (Å²) in [4.78, 5) is 55.9. The van der Waals surface area contributed by atoms with Crippen molar-refractivity contribution in [2.24, 2.45) is 16.7 Å². The molecule has 3 aliphatic carbocycles. The SMILES string of the molecule is CC1=C2CC(=O)[C@]3(C)C(O)CC4OC[C@@]4(O)C3C(OC(=O)c3ccccc3)C(O)(CC1OC(=O)C(O)C(NC(=O)c1ccccc1)c1ccccc1)C2(C)C. The molecule has 12 heteroatoms. The molecule has 1 heterocycles. The van der Waals surface area contributed by atoms with Crippen molar-refractivity contribution in [3.05, 3.63) is 119 Å². The van der Waals surface area contributed by atoms with Crippen molar-refractivity contribution in [1.29, 1.82) is 0 Å². The Bertz CT molecular complexity index is 2000. The highest BCUT2D eigenvalue weighted by Crippen LogP contribution is 2.63. The molecule has 290 valence electrons. The van der Waals surface area contributed by atoms with Gasteiger partial charge in [0.2, 0.25) is 0 Å². The van der Waals surface area contributed by atoms with Gasteiger partial charge < -0.3 is 40.0 Å². The van der Waals surface area contributed by atoms with Crippen molar-refractivity contribution >= 4 is 23.6 Å². The van der Waals surface area contributed by atoms with E-state index in [-0.39, 0.29) is 31.4 Å². The monoisotopic (exact) mass is 753 g/mol. The average molecular weight is 754 g/mol. The third-order valence-electron chi connectivity index (χ3n) is 12.9. The molecule has 55 heavy (non-hydrogen) atoms. The predicted octanol–water partition coefficient (Wildman–Crippen LogP) is 3.62. The highest BCUT2D eigenvalue weighted by Gasteiger charge is 2.75. The number of aliphatic hydroxyl groups is 4. The number of Topliss-reactive ketones (excluding diaryl/α,β-unsaturated/α-hetero) is 1. The van der Waals surface area contributed by atoms with Crippen molar-refractivity contribution in [1.82, 2.24) is 5.32 Å². The molecule has 5 N–H and O–H groups in total. The number of benzene rings is 3. The van der Waals surface area contributed by atoms with Crippen LogP contribution >= 0.6 is 0 Å². The predicted molar refractivity (Wildman–Crippen MR) is 197 cm³/mol. The van der Waals surface area contributed by atoms with Gasteiger partial charge in [0.1, 0.15) is 29.2 Å². The molecule has 10 atom stereocenters. The summed E-state index contributed by atoms with van der Waals surface area (Å²) in [7, 11) is 0. The molecule has 1 amide bonds. The van der Waals surface area contributed by atoms with Crippen LogP contribution in [0.5, 0.6) is 0 Å². The lowest BCUT2D eigenvalue weighted by Crippen LogP contribution is -2.80. The summed E-state index contributed by atoms with van der Waals surface area (Å²) in [5, 5.41) is 51.5. The number of carbonyl (C=O) groups is 4. The van der Waals surface area contributed by atoms with E-state index in [1.54, 1.807) is 99.6 Å². The number of ketones is 1. The van der Waals surface area contributed by atoms with Gasteiger partial charge >= 0.3 is 11.9 Å². The second kappa shape index (κ2) is 14.1. The maximum absolute atomic E-state index is 14.6. The highest BCUT2D eigenvalue weighted by atomic mass is 16.6. The zero-order valence-electron chi connectivity index (χ0n) is 31.2. The largest absolute Gasteiger partial charge is 0.456 e. The molecule has 4 aliphatic rings. The molecule has 2 bridgehead atoms. The molecule has 0 aromatic heterocycles. The molecule has 7 rings (SSSR count). The number of rotatable bonds is 8. The molecule has 12 nitrogen and oxygen atoms in total.